The van der Waals surface area contributed by atoms with E-state index in [4.69, 9.17) is 23.2 Å². The maximum Gasteiger partial charge on any atom is 0.241 e. The Hall–Kier alpha value is -1.75. The van der Waals surface area contributed by atoms with Crippen LogP contribution in [-0.4, -0.2) is 43.0 Å². The molecular weight excluding hydrogens is 357 g/mol. The Labute approximate surface area is 158 Å². The molecule has 1 aliphatic heterocycles. The van der Waals surface area contributed by atoms with E-state index in [1.54, 1.807) is 6.07 Å². The van der Waals surface area contributed by atoms with E-state index >= 15 is 0 Å². The lowest BCUT2D eigenvalue weighted by atomic mass is 10.2. The van der Waals surface area contributed by atoms with Crippen LogP contribution in [0.25, 0.3) is 0 Å². The van der Waals surface area contributed by atoms with E-state index in [2.05, 4.69) is 15.1 Å². The monoisotopic (exact) mass is 377 g/mol. The molecule has 0 radical (unpaired) electrons. The second kappa shape index (κ2) is 8.09. The third kappa shape index (κ3) is 4.27. The molecule has 25 heavy (non-hydrogen) atoms. The molecule has 0 saturated carbocycles. The number of anilines is 2. The van der Waals surface area contributed by atoms with Crippen molar-refractivity contribution in [1.82, 2.24) is 4.90 Å². The lowest BCUT2D eigenvalue weighted by Crippen LogP contribution is -2.52. The molecule has 0 aliphatic carbocycles. The van der Waals surface area contributed by atoms with Crippen LogP contribution in [0.1, 0.15) is 6.92 Å². The Kier molecular flexibility index (Phi) is 5.84. The summed E-state index contributed by atoms with van der Waals surface area (Å²) in [6.07, 6.45) is 0. The molecule has 1 saturated heterocycles. The van der Waals surface area contributed by atoms with Crippen LogP contribution in [0, 0.1) is 0 Å². The number of carbonyl (C=O) groups excluding carboxylic acids is 1. The summed E-state index contributed by atoms with van der Waals surface area (Å²) in [4.78, 5) is 17.0. The van der Waals surface area contributed by atoms with Crippen LogP contribution in [-0.2, 0) is 4.79 Å². The fourth-order valence-corrected chi connectivity index (χ4v) is 3.46. The summed E-state index contributed by atoms with van der Waals surface area (Å²) in [6, 6.07) is 14.9. The van der Waals surface area contributed by atoms with Crippen LogP contribution in [0.2, 0.25) is 10.0 Å². The molecule has 1 fully saturated rings. The van der Waals surface area contributed by atoms with Gasteiger partial charge in [0.1, 0.15) is 0 Å². The van der Waals surface area contributed by atoms with Crippen molar-refractivity contribution in [3.8, 4) is 0 Å². The first-order valence-electron chi connectivity index (χ1n) is 8.35. The summed E-state index contributed by atoms with van der Waals surface area (Å²) in [6.45, 7) is 5.23. The topological polar surface area (TPSA) is 35.6 Å². The first-order valence-corrected chi connectivity index (χ1v) is 9.11. The van der Waals surface area contributed by atoms with E-state index in [0.29, 0.717) is 10.7 Å². The van der Waals surface area contributed by atoms with Crippen molar-refractivity contribution in [3.63, 3.8) is 0 Å². The zero-order valence-corrected chi connectivity index (χ0v) is 15.6. The summed E-state index contributed by atoms with van der Waals surface area (Å²) >= 11 is 12.4. The first-order chi connectivity index (χ1) is 12.1. The maximum absolute atomic E-state index is 12.5. The number of nitrogens with zero attached hydrogens (tertiary/aromatic N) is 2. The van der Waals surface area contributed by atoms with Gasteiger partial charge in [0.25, 0.3) is 0 Å². The molecule has 6 heteroatoms. The van der Waals surface area contributed by atoms with Crippen molar-refractivity contribution in [3.05, 3.63) is 58.6 Å². The van der Waals surface area contributed by atoms with Crippen LogP contribution in [0.3, 0.4) is 0 Å². The lowest BCUT2D eigenvalue weighted by molar-refractivity contribution is -0.120. The molecule has 0 bridgehead atoms. The van der Waals surface area contributed by atoms with Gasteiger partial charge in [0.2, 0.25) is 5.91 Å². The SMILES string of the molecule is C[C@@H](C(=O)Nc1ccccc1Cl)N1CCN(c2ccccc2Cl)CC1. The zero-order valence-electron chi connectivity index (χ0n) is 14.1. The number of rotatable bonds is 4. The number of hydrogen-bond donors (Lipinski definition) is 1. The number of piperazine rings is 1. The number of para-hydroxylation sites is 2. The van der Waals surface area contributed by atoms with Crippen molar-refractivity contribution in [2.24, 2.45) is 0 Å². The maximum atomic E-state index is 12.5. The summed E-state index contributed by atoms with van der Waals surface area (Å²) in [5.41, 5.74) is 1.70. The molecule has 0 unspecified atom stereocenters. The van der Waals surface area contributed by atoms with Crippen LogP contribution in [0.15, 0.2) is 48.5 Å². The third-order valence-electron chi connectivity index (χ3n) is 4.57. The smallest absolute Gasteiger partial charge is 0.241 e. The molecule has 1 aliphatic rings. The molecule has 132 valence electrons. The zero-order chi connectivity index (χ0) is 17.8. The highest BCUT2D eigenvalue weighted by molar-refractivity contribution is 6.33. The first kappa shape index (κ1) is 18.1. The highest BCUT2D eigenvalue weighted by Crippen LogP contribution is 2.26. The Morgan fingerprint density at radius 1 is 0.960 bits per heavy atom. The number of halogens is 2. The number of amides is 1. The van der Waals surface area contributed by atoms with Crippen molar-refractivity contribution in [1.29, 1.82) is 0 Å². The quantitative estimate of drug-likeness (QED) is 0.869. The average molecular weight is 378 g/mol. The second-order valence-electron chi connectivity index (χ2n) is 6.12. The van der Waals surface area contributed by atoms with Crippen molar-refractivity contribution in [2.45, 2.75) is 13.0 Å². The number of nitrogens with one attached hydrogen (secondary N) is 1. The van der Waals surface area contributed by atoms with Crippen LogP contribution in [0.5, 0.6) is 0 Å². The van der Waals surface area contributed by atoms with E-state index in [9.17, 15) is 4.79 Å². The Morgan fingerprint density at radius 2 is 1.56 bits per heavy atom. The molecule has 1 heterocycles. The minimum atomic E-state index is -0.218. The van der Waals surface area contributed by atoms with Crippen LogP contribution >= 0.6 is 23.2 Å². The summed E-state index contributed by atoms with van der Waals surface area (Å²) in [7, 11) is 0. The molecule has 1 atom stereocenters. The fraction of sp³-hybridized carbons (Fsp3) is 0.316. The van der Waals surface area contributed by atoms with Gasteiger partial charge in [-0.15, -0.1) is 0 Å². The molecule has 4 nitrogen and oxygen atoms in total. The summed E-state index contributed by atoms with van der Waals surface area (Å²) in [5.74, 6) is -0.0423. The molecule has 0 spiro atoms. The van der Waals surface area contributed by atoms with E-state index < -0.39 is 0 Å². The van der Waals surface area contributed by atoms with Gasteiger partial charge in [0.05, 0.1) is 27.5 Å². The molecule has 0 aromatic heterocycles. The van der Waals surface area contributed by atoms with Crippen LogP contribution in [0.4, 0.5) is 11.4 Å². The normalized spacial score (nSPS) is 16.5. The third-order valence-corrected chi connectivity index (χ3v) is 5.22. The van der Waals surface area contributed by atoms with Crippen molar-refractivity contribution < 1.29 is 4.79 Å². The minimum absolute atomic E-state index is 0.0423. The van der Waals surface area contributed by atoms with Gasteiger partial charge in [-0.05, 0) is 31.2 Å². The van der Waals surface area contributed by atoms with E-state index in [0.717, 1.165) is 36.9 Å². The van der Waals surface area contributed by atoms with Gasteiger partial charge >= 0.3 is 0 Å². The minimum Gasteiger partial charge on any atom is -0.368 e. The average Bonchev–Trinajstić information content (AvgIpc) is 2.63. The van der Waals surface area contributed by atoms with Crippen molar-refractivity contribution in [2.75, 3.05) is 36.4 Å². The molecule has 1 amide bonds. The lowest BCUT2D eigenvalue weighted by Gasteiger charge is -2.38. The summed E-state index contributed by atoms with van der Waals surface area (Å²) < 4.78 is 0. The van der Waals surface area contributed by atoms with Crippen molar-refractivity contribution >= 4 is 40.5 Å². The standard InChI is InChI=1S/C19H21Cl2N3O/c1-14(19(25)22-17-8-4-2-6-15(17)20)23-10-12-24(13-11-23)18-9-5-3-7-16(18)21/h2-9,14H,10-13H2,1H3,(H,22,25)/t14-/m0/s1. The van der Waals surface area contributed by atoms with E-state index in [-0.39, 0.29) is 11.9 Å². The molecule has 2 aromatic rings. The molecule has 3 rings (SSSR count). The summed E-state index contributed by atoms with van der Waals surface area (Å²) in [5, 5.41) is 4.22. The number of hydrogen-bond acceptors (Lipinski definition) is 3. The largest absolute Gasteiger partial charge is 0.368 e. The van der Waals surface area contributed by atoms with Gasteiger partial charge in [0.15, 0.2) is 0 Å². The van der Waals surface area contributed by atoms with Gasteiger partial charge in [-0.25, -0.2) is 0 Å². The second-order valence-corrected chi connectivity index (χ2v) is 6.93. The van der Waals surface area contributed by atoms with E-state index in [1.165, 1.54) is 0 Å². The van der Waals surface area contributed by atoms with E-state index in [1.807, 2.05) is 49.4 Å². The Balaban J connectivity index is 1.58. The van der Waals surface area contributed by atoms with Crippen LogP contribution < -0.4 is 10.2 Å². The van der Waals surface area contributed by atoms with Gasteiger partial charge in [-0.1, -0.05) is 47.5 Å². The Bertz CT molecular complexity index is 745. The molecule has 1 N–H and O–H groups in total. The van der Waals surface area contributed by atoms with Gasteiger partial charge < -0.3 is 10.2 Å². The predicted octanol–water partition coefficient (Wildman–Crippen LogP) is 4.14. The highest BCUT2D eigenvalue weighted by Gasteiger charge is 2.26. The van der Waals surface area contributed by atoms with Gasteiger partial charge in [0, 0.05) is 26.2 Å². The number of benzene rings is 2. The molecule has 2 aromatic carbocycles. The molecular formula is C19H21Cl2N3O. The van der Waals surface area contributed by atoms with Gasteiger partial charge in [-0.2, -0.15) is 0 Å². The number of carbonyl (C=O) groups is 1. The predicted molar refractivity (Wildman–Crippen MR) is 105 cm³/mol. The highest BCUT2D eigenvalue weighted by atomic mass is 35.5. The fourth-order valence-electron chi connectivity index (χ4n) is 3.02. The Morgan fingerprint density at radius 3 is 2.20 bits per heavy atom. The van der Waals surface area contributed by atoms with Gasteiger partial charge in [-0.3, -0.25) is 9.69 Å².